The van der Waals surface area contributed by atoms with Crippen molar-refractivity contribution in [2.24, 2.45) is 5.73 Å². The van der Waals surface area contributed by atoms with Gasteiger partial charge in [-0.25, -0.2) is 13.2 Å². The second-order valence-corrected chi connectivity index (χ2v) is 4.66. The van der Waals surface area contributed by atoms with Gasteiger partial charge in [0, 0.05) is 5.56 Å². The molecule has 0 saturated heterocycles. The lowest BCUT2D eigenvalue weighted by atomic mass is 9.96. The van der Waals surface area contributed by atoms with Crippen molar-refractivity contribution in [3.63, 3.8) is 0 Å². The van der Waals surface area contributed by atoms with E-state index in [-0.39, 0.29) is 5.56 Å². The molecular formula is C15H14F3N. The summed E-state index contributed by atoms with van der Waals surface area (Å²) in [6.07, 6.45) is 0. The summed E-state index contributed by atoms with van der Waals surface area (Å²) >= 11 is 0. The van der Waals surface area contributed by atoms with Gasteiger partial charge >= 0.3 is 0 Å². The first-order valence-electron chi connectivity index (χ1n) is 5.87. The van der Waals surface area contributed by atoms with Gasteiger partial charge in [0.25, 0.3) is 0 Å². The summed E-state index contributed by atoms with van der Waals surface area (Å²) in [6, 6.07) is 6.80. The zero-order valence-corrected chi connectivity index (χ0v) is 10.7. The molecule has 2 aromatic carbocycles. The molecule has 1 nitrogen and oxygen atoms in total. The standard InChI is InChI=1S/C15H14F3N/c1-8-5-9(2)7-10(6-8)15(19)11-3-4-12(16)14(18)13(11)17/h3-7,15H,19H2,1-2H3. The van der Waals surface area contributed by atoms with E-state index in [0.29, 0.717) is 5.56 Å². The molecular weight excluding hydrogens is 251 g/mol. The summed E-state index contributed by atoms with van der Waals surface area (Å²) < 4.78 is 39.8. The third kappa shape index (κ3) is 2.63. The Morgan fingerprint density at radius 2 is 1.47 bits per heavy atom. The van der Waals surface area contributed by atoms with Crippen LogP contribution < -0.4 is 5.73 Å². The molecule has 0 spiro atoms. The van der Waals surface area contributed by atoms with Crippen molar-refractivity contribution in [3.8, 4) is 0 Å². The van der Waals surface area contributed by atoms with E-state index in [0.717, 1.165) is 17.2 Å². The normalized spacial score (nSPS) is 12.5. The minimum Gasteiger partial charge on any atom is -0.320 e. The average molecular weight is 265 g/mol. The summed E-state index contributed by atoms with van der Waals surface area (Å²) in [5, 5.41) is 0. The second-order valence-electron chi connectivity index (χ2n) is 4.66. The highest BCUT2D eigenvalue weighted by Gasteiger charge is 2.19. The highest BCUT2D eigenvalue weighted by molar-refractivity contribution is 5.37. The average Bonchev–Trinajstić information content (AvgIpc) is 2.34. The smallest absolute Gasteiger partial charge is 0.194 e. The molecule has 0 aliphatic heterocycles. The van der Waals surface area contributed by atoms with Crippen molar-refractivity contribution in [1.29, 1.82) is 0 Å². The third-order valence-electron chi connectivity index (χ3n) is 3.00. The first kappa shape index (κ1) is 13.6. The molecule has 1 atom stereocenters. The Balaban J connectivity index is 2.50. The minimum atomic E-state index is -1.49. The largest absolute Gasteiger partial charge is 0.320 e. The van der Waals surface area contributed by atoms with Crippen molar-refractivity contribution in [2.75, 3.05) is 0 Å². The molecule has 0 saturated carbocycles. The summed E-state index contributed by atoms with van der Waals surface area (Å²) in [7, 11) is 0. The van der Waals surface area contributed by atoms with E-state index in [1.807, 2.05) is 19.9 Å². The van der Waals surface area contributed by atoms with Crippen LogP contribution in [0.4, 0.5) is 13.2 Å². The van der Waals surface area contributed by atoms with Crippen LogP contribution in [0.15, 0.2) is 30.3 Å². The number of rotatable bonds is 2. The molecule has 0 bridgehead atoms. The van der Waals surface area contributed by atoms with Crippen LogP contribution in [0.5, 0.6) is 0 Å². The molecule has 0 radical (unpaired) electrons. The van der Waals surface area contributed by atoms with Crippen LogP contribution in [-0.2, 0) is 0 Å². The molecule has 0 aromatic heterocycles. The van der Waals surface area contributed by atoms with Crippen molar-refractivity contribution < 1.29 is 13.2 Å². The van der Waals surface area contributed by atoms with Crippen LogP contribution in [-0.4, -0.2) is 0 Å². The fourth-order valence-electron chi connectivity index (χ4n) is 2.15. The summed E-state index contributed by atoms with van der Waals surface area (Å²) in [5.41, 5.74) is 8.52. The van der Waals surface area contributed by atoms with E-state index in [1.165, 1.54) is 6.07 Å². The second kappa shape index (κ2) is 5.05. The van der Waals surface area contributed by atoms with Gasteiger partial charge in [-0.3, -0.25) is 0 Å². The van der Waals surface area contributed by atoms with Crippen molar-refractivity contribution in [2.45, 2.75) is 19.9 Å². The zero-order chi connectivity index (χ0) is 14.2. The van der Waals surface area contributed by atoms with Crippen LogP contribution >= 0.6 is 0 Å². The minimum absolute atomic E-state index is 0.0519. The van der Waals surface area contributed by atoms with E-state index in [1.54, 1.807) is 12.1 Å². The first-order chi connectivity index (χ1) is 8.90. The number of hydrogen-bond acceptors (Lipinski definition) is 1. The lowest BCUT2D eigenvalue weighted by molar-refractivity contribution is 0.438. The molecule has 19 heavy (non-hydrogen) atoms. The van der Waals surface area contributed by atoms with Gasteiger partial charge in [0.2, 0.25) is 0 Å². The van der Waals surface area contributed by atoms with E-state index < -0.39 is 23.5 Å². The maximum Gasteiger partial charge on any atom is 0.194 e. The van der Waals surface area contributed by atoms with E-state index >= 15 is 0 Å². The molecule has 0 amide bonds. The maximum absolute atomic E-state index is 13.7. The van der Waals surface area contributed by atoms with Crippen LogP contribution in [0.3, 0.4) is 0 Å². The predicted octanol–water partition coefficient (Wildman–Crippen LogP) is 3.77. The Morgan fingerprint density at radius 3 is 2.05 bits per heavy atom. The predicted molar refractivity (Wildman–Crippen MR) is 68.3 cm³/mol. The molecule has 1 unspecified atom stereocenters. The Hall–Kier alpha value is -1.81. The van der Waals surface area contributed by atoms with Gasteiger partial charge < -0.3 is 5.73 Å². The molecule has 4 heteroatoms. The van der Waals surface area contributed by atoms with Crippen LogP contribution in [0.1, 0.15) is 28.3 Å². The van der Waals surface area contributed by atoms with Gasteiger partial charge in [0.1, 0.15) is 0 Å². The number of aryl methyl sites for hydroxylation is 2. The van der Waals surface area contributed by atoms with Crippen molar-refractivity contribution in [3.05, 3.63) is 70.0 Å². The molecule has 2 aromatic rings. The zero-order valence-electron chi connectivity index (χ0n) is 10.7. The molecule has 0 aliphatic rings. The molecule has 0 fully saturated rings. The fraction of sp³-hybridized carbons (Fsp3) is 0.200. The van der Waals surface area contributed by atoms with E-state index in [9.17, 15) is 13.2 Å². The topological polar surface area (TPSA) is 26.0 Å². The van der Waals surface area contributed by atoms with Crippen LogP contribution in [0, 0.1) is 31.3 Å². The SMILES string of the molecule is Cc1cc(C)cc(C(N)c2ccc(F)c(F)c2F)c1. The first-order valence-corrected chi connectivity index (χ1v) is 5.87. The van der Waals surface area contributed by atoms with Crippen molar-refractivity contribution in [1.82, 2.24) is 0 Å². The number of nitrogens with two attached hydrogens (primary N) is 1. The molecule has 0 aliphatic carbocycles. The lowest BCUT2D eigenvalue weighted by Crippen LogP contribution is -2.15. The van der Waals surface area contributed by atoms with Crippen LogP contribution in [0.2, 0.25) is 0 Å². The van der Waals surface area contributed by atoms with E-state index in [4.69, 9.17) is 5.73 Å². The van der Waals surface area contributed by atoms with Gasteiger partial charge in [-0.05, 0) is 25.5 Å². The van der Waals surface area contributed by atoms with Gasteiger partial charge in [-0.1, -0.05) is 35.4 Å². The summed E-state index contributed by atoms with van der Waals surface area (Å²) in [6.45, 7) is 3.79. The Labute approximate surface area is 109 Å². The fourth-order valence-corrected chi connectivity index (χ4v) is 2.15. The van der Waals surface area contributed by atoms with E-state index in [2.05, 4.69) is 0 Å². The van der Waals surface area contributed by atoms with Gasteiger partial charge in [-0.15, -0.1) is 0 Å². The van der Waals surface area contributed by atoms with Gasteiger partial charge in [-0.2, -0.15) is 0 Å². The van der Waals surface area contributed by atoms with Crippen molar-refractivity contribution >= 4 is 0 Å². The number of halogens is 3. The Bertz CT molecular complexity index is 603. The molecule has 2 rings (SSSR count). The van der Waals surface area contributed by atoms with Crippen LogP contribution in [0.25, 0.3) is 0 Å². The summed E-state index contributed by atoms with van der Waals surface area (Å²) in [5.74, 6) is -3.93. The highest BCUT2D eigenvalue weighted by Crippen LogP contribution is 2.26. The van der Waals surface area contributed by atoms with Gasteiger partial charge in [0.15, 0.2) is 17.5 Å². The monoisotopic (exact) mass is 265 g/mol. The lowest BCUT2D eigenvalue weighted by Gasteiger charge is -2.15. The highest BCUT2D eigenvalue weighted by atomic mass is 19.2. The molecule has 100 valence electrons. The quantitative estimate of drug-likeness (QED) is 0.822. The maximum atomic E-state index is 13.7. The Morgan fingerprint density at radius 1 is 0.895 bits per heavy atom. The molecule has 0 heterocycles. The van der Waals surface area contributed by atoms with Gasteiger partial charge in [0.05, 0.1) is 6.04 Å². The summed E-state index contributed by atoms with van der Waals surface area (Å²) in [4.78, 5) is 0. The number of hydrogen-bond donors (Lipinski definition) is 1. The third-order valence-corrected chi connectivity index (χ3v) is 3.00. The number of benzene rings is 2. The Kier molecular flexibility index (Phi) is 3.62. The molecule has 2 N–H and O–H groups in total.